The van der Waals surface area contributed by atoms with Gasteiger partial charge in [-0.05, 0) is 73.0 Å². The Morgan fingerprint density at radius 1 is 1.08 bits per heavy atom. The summed E-state index contributed by atoms with van der Waals surface area (Å²) in [5.41, 5.74) is 1.50. The van der Waals surface area contributed by atoms with E-state index in [1.54, 1.807) is 31.4 Å². The van der Waals surface area contributed by atoms with Crippen LogP contribution in [0.1, 0.15) is 28.8 Å². The first-order valence-electron chi connectivity index (χ1n) is 11.5. The molecule has 0 spiro atoms. The van der Waals surface area contributed by atoms with Gasteiger partial charge >= 0.3 is 0 Å². The van der Waals surface area contributed by atoms with E-state index in [1.807, 2.05) is 6.07 Å². The second kappa shape index (κ2) is 10.4. The summed E-state index contributed by atoms with van der Waals surface area (Å²) >= 11 is 1.26. The van der Waals surface area contributed by atoms with E-state index in [0.29, 0.717) is 35.1 Å². The Kier molecular flexibility index (Phi) is 7.00. The van der Waals surface area contributed by atoms with Gasteiger partial charge in [0.1, 0.15) is 11.6 Å². The van der Waals surface area contributed by atoms with E-state index < -0.39 is 15.9 Å². The summed E-state index contributed by atoms with van der Waals surface area (Å²) in [4.78, 5) is 18.3. The Labute approximate surface area is 217 Å². The van der Waals surface area contributed by atoms with Crippen LogP contribution in [0.25, 0.3) is 10.2 Å². The number of halogens is 1. The zero-order valence-corrected chi connectivity index (χ0v) is 21.5. The lowest BCUT2D eigenvalue weighted by Crippen LogP contribution is -2.28. The van der Waals surface area contributed by atoms with Gasteiger partial charge in [0.25, 0.3) is 5.91 Å². The summed E-state index contributed by atoms with van der Waals surface area (Å²) in [7, 11) is -2.03. The highest BCUT2D eigenvalue weighted by atomic mass is 32.2. The molecule has 8 nitrogen and oxygen atoms in total. The number of hydrazone groups is 1. The number of thiazole rings is 1. The number of benzene rings is 3. The fourth-order valence-corrected chi connectivity index (χ4v) is 6.41. The molecule has 0 N–H and O–H groups in total. The molecule has 1 aliphatic heterocycles. The van der Waals surface area contributed by atoms with Gasteiger partial charge in [-0.3, -0.25) is 4.79 Å². The quantitative estimate of drug-likeness (QED) is 0.246. The third-order valence-corrected chi connectivity index (χ3v) is 8.86. The van der Waals surface area contributed by atoms with Crippen LogP contribution < -0.4 is 9.75 Å². The number of sulfonamides is 1. The third-order valence-electron chi connectivity index (χ3n) is 5.95. The van der Waals surface area contributed by atoms with Crippen molar-refractivity contribution in [3.8, 4) is 5.75 Å². The van der Waals surface area contributed by atoms with E-state index >= 15 is 0 Å². The average molecular weight is 539 g/mol. The van der Waals surface area contributed by atoms with Gasteiger partial charge in [-0.25, -0.2) is 17.8 Å². The number of carbonyl (C=O) groups is 1. The monoisotopic (exact) mass is 538 g/mol. The fraction of sp³-hybridized carbons (Fsp3) is 0.192. The maximum Gasteiger partial charge on any atom is 0.280 e. The molecule has 0 saturated carbocycles. The molecule has 1 saturated heterocycles. The van der Waals surface area contributed by atoms with Crippen LogP contribution in [0, 0.1) is 5.82 Å². The normalized spacial score (nSPS) is 14.4. The second-order valence-electron chi connectivity index (χ2n) is 8.38. The number of nitrogens with zero attached hydrogens (tertiary/aromatic N) is 4. The van der Waals surface area contributed by atoms with Gasteiger partial charge in [0.15, 0.2) is 0 Å². The summed E-state index contributed by atoms with van der Waals surface area (Å²) < 4.78 is 46.6. The lowest BCUT2D eigenvalue weighted by Gasteiger charge is -2.16. The number of carbonyl (C=O) groups excluding carboxylic acids is 1. The summed E-state index contributed by atoms with van der Waals surface area (Å²) in [6.45, 7) is 0.995. The molecule has 11 heteroatoms. The topological polar surface area (TPSA) is 92.2 Å². The first-order valence-corrected chi connectivity index (χ1v) is 13.8. The second-order valence-corrected chi connectivity index (χ2v) is 11.3. The number of fused-ring (bicyclic) bond motifs is 1. The number of rotatable bonds is 7. The minimum absolute atomic E-state index is 0.138. The highest BCUT2D eigenvalue weighted by Crippen LogP contribution is 2.32. The van der Waals surface area contributed by atoms with Crippen molar-refractivity contribution in [2.75, 3.05) is 25.2 Å². The van der Waals surface area contributed by atoms with E-state index in [1.165, 1.54) is 58.3 Å². The molecule has 1 amide bonds. The van der Waals surface area contributed by atoms with Gasteiger partial charge in [-0.1, -0.05) is 23.5 Å². The summed E-state index contributed by atoms with van der Waals surface area (Å²) in [5, 5.41) is 5.85. The molecule has 1 aromatic heterocycles. The van der Waals surface area contributed by atoms with E-state index in [2.05, 4.69) is 10.1 Å². The van der Waals surface area contributed by atoms with Crippen molar-refractivity contribution < 1.29 is 22.3 Å². The van der Waals surface area contributed by atoms with Gasteiger partial charge in [-0.2, -0.15) is 14.4 Å². The van der Waals surface area contributed by atoms with E-state index in [0.717, 1.165) is 22.6 Å². The number of amides is 1. The van der Waals surface area contributed by atoms with Crippen molar-refractivity contribution in [3.63, 3.8) is 0 Å². The number of aromatic nitrogens is 1. The molecular formula is C26H23FN4O4S2. The SMILES string of the molecule is COc1ccc2nc(N(/N=C/c3ccc(F)cc3)C(=O)c3ccc(S(=O)(=O)N4CCCC4)cc3)sc2c1. The van der Waals surface area contributed by atoms with Crippen molar-refractivity contribution in [1.29, 1.82) is 0 Å². The molecular weight excluding hydrogens is 515 g/mol. The summed E-state index contributed by atoms with van der Waals surface area (Å²) in [6, 6.07) is 16.9. The number of anilines is 1. The first kappa shape index (κ1) is 25.0. The number of ether oxygens (including phenoxy) is 1. The molecule has 1 aliphatic rings. The number of methoxy groups -OCH3 is 1. The van der Waals surface area contributed by atoms with Crippen LogP contribution in [0.2, 0.25) is 0 Å². The minimum atomic E-state index is -3.60. The lowest BCUT2D eigenvalue weighted by molar-refractivity contribution is 0.0987. The molecule has 0 unspecified atom stereocenters. The van der Waals surface area contributed by atoms with E-state index in [4.69, 9.17) is 4.74 Å². The van der Waals surface area contributed by atoms with Crippen LogP contribution in [0.15, 0.2) is 76.7 Å². The molecule has 190 valence electrons. The lowest BCUT2D eigenvalue weighted by atomic mass is 10.2. The molecule has 5 rings (SSSR count). The Balaban J connectivity index is 1.49. The average Bonchev–Trinajstić information content (AvgIpc) is 3.60. The van der Waals surface area contributed by atoms with Crippen LogP contribution in [-0.4, -0.2) is 50.0 Å². The molecule has 0 bridgehead atoms. The molecule has 0 radical (unpaired) electrons. The van der Waals surface area contributed by atoms with Crippen molar-refractivity contribution in [2.45, 2.75) is 17.7 Å². The molecule has 0 aliphatic carbocycles. The van der Waals surface area contributed by atoms with Crippen molar-refractivity contribution in [2.24, 2.45) is 5.10 Å². The predicted molar refractivity (Wildman–Crippen MR) is 141 cm³/mol. The van der Waals surface area contributed by atoms with Gasteiger partial charge in [-0.15, -0.1) is 0 Å². The molecule has 4 aromatic rings. The van der Waals surface area contributed by atoms with Crippen LogP contribution in [0.4, 0.5) is 9.52 Å². The van der Waals surface area contributed by atoms with Gasteiger partial charge < -0.3 is 4.74 Å². The molecule has 0 atom stereocenters. The van der Waals surface area contributed by atoms with Crippen molar-refractivity contribution >= 4 is 48.8 Å². The van der Waals surface area contributed by atoms with Crippen molar-refractivity contribution in [3.05, 3.63) is 83.7 Å². The molecule has 2 heterocycles. The van der Waals surface area contributed by atoms with Crippen molar-refractivity contribution in [1.82, 2.24) is 9.29 Å². The maximum absolute atomic E-state index is 13.6. The van der Waals surface area contributed by atoms with Gasteiger partial charge in [0, 0.05) is 18.7 Å². The zero-order valence-electron chi connectivity index (χ0n) is 19.9. The summed E-state index contributed by atoms with van der Waals surface area (Å²) in [5.74, 6) is -0.214. The maximum atomic E-state index is 13.6. The van der Waals surface area contributed by atoms with Crippen LogP contribution in [0.3, 0.4) is 0 Å². The summed E-state index contributed by atoms with van der Waals surface area (Å²) in [6.07, 6.45) is 3.12. The van der Waals surface area contributed by atoms with E-state index in [9.17, 15) is 17.6 Å². The number of hydrogen-bond acceptors (Lipinski definition) is 7. The molecule has 1 fully saturated rings. The number of hydrogen-bond donors (Lipinski definition) is 0. The van der Waals surface area contributed by atoms with Gasteiger partial charge in [0.2, 0.25) is 15.2 Å². The largest absolute Gasteiger partial charge is 0.497 e. The Bertz CT molecular complexity index is 1560. The minimum Gasteiger partial charge on any atom is -0.497 e. The Morgan fingerprint density at radius 3 is 2.46 bits per heavy atom. The highest BCUT2D eigenvalue weighted by Gasteiger charge is 2.28. The molecule has 3 aromatic carbocycles. The fourth-order valence-electron chi connectivity index (χ4n) is 3.94. The Hall–Kier alpha value is -3.67. The predicted octanol–water partition coefficient (Wildman–Crippen LogP) is 4.91. The van der Waals surface area contributed by atoms with E-state index in [-0.39, 0.29) is 16.3 Å². The third kappa shape index (κ3) is 5.24. The highest BCUT2D eigenvalue weighted by molar-refractivity contribution is 7.89. The van der Waals surface area contributed by atoms with Crippen LogP contribution in [0.5, 0.6) is 5.75 Å². The van der Waals surface area contributed by atoms with Crippen LogP contribution in [-0.2, 0) is 10.0 Å². The van der Waals surface area contributed by atoms with Gasteiger partial charge in [0.05, 0.1) is 28.4 Å². The Morgan fingerprint density at radius 2 is 1.78 bits per heavy atom. The zero-order chi connectivity index (χ0) is 26.0. The first-order chi connectivity index (χ1) is 17.8. The molecule has 37 heavy (non-hydrogen) atoms. The van der Waals surface area contributed by atoms with Crippen LogP contribution >= 0.6 is 11.3 Å². The standard InChI is InChI=1S/C26H23FN4O4S2/c1-35-21-10-13-23-24(16-21)36-26(29-23)31(28-17-18-4-8-20(27)9-5-18)25(32)19-6-11-22(12-7-19)37(33,34)30-14-2-3-15-30/h4-13,16-17H,2-3,14-15H2,1H3/b28-17+. The smallest absolute Gasteiger partial charge is 0.280 e.